The first-order chi connectivity index (χ1) is 24.7. The first kappa shape index (κ1) is 38.3. The minimum atomic E-state index is -0.942. The second-order valence-corrected chi connectivity index (χ2v) is 17.9. The maximum Gasteiger partial charge on any atom is 0.335 e. The zero-order valence-corrected chi connectivity index (χ0v) is 32.2. The van der Waals surface area contributed by atoms with Crippen molar-refractivity contribution in [2.45, 2.75) is 124 Å². The number of nitrogens with zero attached hydrogens (tertiary/aromatic N) is 1. The second kappa shape index (κ2) is 14.4. The summed E-state index contributed by atoms with van der Waals surface area (Å²) in [6, 6.07) is 6.70. The van der Waals surface area contributed by atoms with Crippen LogP contribution < -0.4 is 5.32 Å². The number of benzene rings is 1. The number of carboxylic acid groups (broad SMARTS) is 2. The number of likely N-dealkylation sites (tertiary alicyclic amines) is 1. The number of amides is 2. The van der Waals surface area contributed by atoms with Gasteiger partial charge in [-0.05, 0) is 147 Å². The van der Waals surface area contributed by atoms with Gasteiger partial charge in [-0.1, -0.05) is 58.4 Å². The maximum atomic E-state index is 14.1. The van der Waals surface area contributed by atoms with E-state index in [-0.39, 0.29) is 46.4 Å². The summed E-state index contributed by atoms with van der Waals surface area (Å²) in [6.45, 7) is 16.2. The molecule has 1 aromatic carbocycles. The number of carbonyl (C=O) groups is 4. The molecule has 6 aliphatic rings. The summed E-state index contributed by atoms with van der Waals surface area (Å²) >= 11 is 0. The van der Waals surface area contributed by atoms with Crippen molar-refractivity contribution in [2.24, 2.45) is 51.2 Å². The van der Waals surface area contributed by atoms with E-state index in [1.54, 1.807) is 18.2 Å². The van der Waals surface area contributed by atoms with Crippen LogP contribution in [0.3, 0.4) is 0 Å². The quantitative estimate of drug-likeness (QED) is 0.243. The van der Waals surface area contributed by atoms with Crippen LogP contribution in [0.25, 0.3) is 5.57 Å². The van der Waals surface area contributed by atoms with Crippen molar-refractivity contribution in [2.75, 3.05) is 13.1 Å². The molecule has 0 bridgehead atoms. The van der Waals surface area contributed by atoms with Crippen molar-refractivity contribution in [3.05, 3.63) is 54.1 Å². The molecule has 5 fully saturated rings. The maximum absolute atomic E-state index is 14.1. The SMILES string of the molecule is C=CC.CC1C(c2ccc(C(=O)O)cc2)=CCC2(C)C1CCC1(C)C2CCC2C3CCCC3(C(=O)NCCC(=O)N3CCCC3C(=O)O)CC[C@]21C. The molecule has 8 heteroatoms. The minimum Gasteiger partial charge on any atom is -0.480 e. The van der Waals surface area contributed by atoms with E-state index >= 15 is 0 Å². The lowest BCUT2D eigenvalue weighted by Gasteiger charge is -2.71. The van der Waals surface area contributed by atoms with E-state index in [1.165, 1.54) is 36.2 Å². The standard InChI is InChI=1S/C41H56N2O6.C3H6/c1-25-28(26-9-11-27(12-10-26)35(45)46)15-19-38(2)29(25)16-20-40(4)33(38)14-13-30-31-7-5-18-41(31,22-21-39(30,40)3)37(49)42-23-17-34(44)43-24-6-8-32(43)36(47)48;1-3-2/h9-12,15,25,29-33H,5-8,13-14,16-24H2,1-4H3,(H,42,49)(H,45,46)(H,47,48);3H,1H2,2H3/t25?,29?,30?,31?,32?,33?,38?,39-,40?,41?;/m1./s1. The lowest BCUT2D eigenvalue weighted by Crippen LogP contribution is -2.65. The molecular formula is C44H62N2O6. The van der Waals surface area contributed by atoms with Crippen molar-refractivity contribution < 1.29 is 29.4 Å². The average molecular weight is 715 g/mol. The van der Waals surface area contributed by atoms with Gasteiger partial charge in [0, 0.05) is 19.5 Å². The fraction of sp³-hybridized carbons (Fsp3) is 0.682. The summed E-state index contributed by atoms with van der Waals surface area (Å²) in [5.74, 6) is 0.607. The largest absolute Gasteiger partial charge is 0.480 e. The van der Waals surface area contributed by atoms with Gasteiger partial charge in [-0.3, -0.25) is 9.59 Å². The first-order valence-corrected chi connectivity index (χ1v) is 20.1. The van der Waals surface area contributed by atoms with E-state index in [2.05, 4.69) is 45.7 Å². The van der Waals surface area contributed by atoms with Crippen LogP contribution in [0.5, 0.6) is 0 Å². The number of allylic oxidation sites excluding steroid dienone is 3. The van der Waals surface area contributed by atoms with Gasteiger partial charge in [-0.25, -0.2) is 9.59 Å². The van der Waals surface area contributed by atoms with Crippen LogP contribution in [0.2, 0.25) is 0 Å². The third-order valence-electron chi connectivity index (χ3n) is 16.0. The molecule has 1 saturated heterocycles. The van der Waals surface area contributed by atoms with Crippen LogP contribution in [0.4, 0.5) is 0 Å². The predicted octanol–water partition coefficient (Wildman–Crippen LogP) is 8.62. The minimum absolute atomic E-state index is 0.124. The molecular weight excluding hydrogens is 652 g/mol. The van der Waals surface area contributed by atoms with Crippen LogP contribution in [0.15, 0.2) is 43.0 Å². The lowest BCUT2D eigenvalue weighted by molar-refractivity contribution is -0.217. The Morgan fingerprint density at radius 1 is 0.885 bits per heavy atom. The molecule has 2 amide bonds. The Bertz CT molecular complexity index is 1600. The van der Waals surface area contributed by atoms with Gasteiger partial charge in [0.2, 0.25) is 11.8 Å². The van der Waals surface area contributed by atoms with Gasteiger partial charge in [-0.2, -0.15) is 0 Å². The molecule has 1 aromatic rings. The molecule has 0 radical (unpaired) electrons. The Labute approximate surface area is 310 Å². The number of hydrogen-bond acceptors (Lipinski definition) is 4. The fourth-order valence-electron chi connectivity index (χ4n) is 13.3. The molecule has 1 aliphatic heterocycles. The van der Waals surface area contributed by atoms with Gasteiger partial charge < -0.3 is 20.4 Å². The number of carbonyl (C=O) groups excluding carboxylic acids is 2. The highest BCUT2D eigenvalue weighted by molar-refractivity contribution is 5.88. The van der Waals surface area contributed by atoms with E-state index in [0.29, 0.717) is 54.5 Å². The smallest absolute Gasteiger partial charge is 0.335 e. The molecule has 5 aliphatic carbocycles. The van der Waals surface area contributed by atoms with Crippen LogP contribution in [0, 0.1) is 51.2 Å². The lowest BCUT2D eigenvalue weighted by atomic mass is 9.33. The Morgan fingerprint density at radius 3 is 2.27 bits per heavy atom. The van der Waals surface area contributed by atoms with Crippen LogP contribution in [-0.2, 0) is 14.4 Å². The topological polar surface area (TPSA) is 124 Å². The zero-order chi connectivity index (χ0) is 37.6. The fourth-order valence-corrected chi connectivity index (χ4v) is 13.3. The van der Waals surface area contributed by atoms with Crippen molar-refractivity contribution in [1.29, 1.82) is 0 Å². The van der Waals surface area contributed by atoms with E-state index in [9.17, 15) is 29.4 Å². The van der Waals surface area contributed by atoms with E-state index in [1.807, 2.05) is 19.1 Å². The molecule has 0 spiro atoms. The third-order valence-corrected chi connectivity index (χ3v) is 16.0. The number of fused-ring (bicyclic) bond motifs is 7. The molecule has 52 heavy (non-hydrogen) atoms. The van der Waals surface area contributed by atoms with Gasteiger partial charge in [0.05, 0.1) is 11.0 Å². The Kier molecular flexibility index (Phi) is 10.6. The summed E-state index contributed by atoms with van der Waals surface area (Å²) in [5.41, 5.74) is 3.05. The normalized spacial score (nSPS) is 38.9. The van der Waals surface area contributed by atoms with Crippen LogP contribution >= 0.6 is 0 Å². The van der Waals surface area contributed by atoms with E-state index in [4.69, 9.17) is 0 Å². The number of carboxylic acids is 2. The Balaban J connectivity index is 0.00000150. The molecule has 0 aromatic heterocycles. The van der Waals surface area contributed by atoms with Crippen LogP contribution in [0.1, 0.15) is 134 Å². The Morgan fingerprint density at radius 2 is 1.60 bits per heavy atom. The zero-order valence-electron chi connectivity index (χ0n) is 32.2. The number of hydrogen-bond donors (Lipinski definition) is 3. The molecule has 9 unspecified atom stereocenters. The highest BCUT2D eigenvalue weighted by atomic mass is 16.4. The average Bonchev–Trinajstić information content (AvgIpc) is 3.78. The van der Waals surface area contributed by atoms with E-state index < -0.39 is 18.0 Å². The monoisotopic (exact) mass is 714 g/mol. The molecule has 8 nitrogen and oxygen atoms in total. The van der Waals surface area contributed by atoms with Crippen molar-refractivity contribution >= 4 is 29.3 Å². The first-order valence-electron chi connectivity index (χ1n) is 20.1. The molecule has 3 N–H and O–H groups in total. The van der Waals surface area contributed by atoms with Gasteiger partial charge in [0.15, 0.2) is 0 Å². The summed E-state index contributed by atoms with van der Waals surface area (Å²) in [5, 5.41) is 22.1. The molecule has 10 atom stereocenters. The number of aromatic carboxylic acids is 1. The summed E-state index contributed by atoms with van der Waals surface area (Å²) < 4.78 is 0. The van der Waals surface area contributed by atoms with Crippen molar-refractivity contribution in [3.8, 4) is 0 Å². The highest BCUT2D eigenvalue weighted by Gasteiger charge is 2.69. The summed E-state index contributed by atoms with van der Waals surface area (Å²) in [4.78, 5) is 51.6. The summed E-state index contributed by atoms with van der Waals surface area (Å²) in [6.07, 6.45) is 16.5. The van der Waals surface area contributed by atoms with E-state index in [0.717, 1.165) is 44.1 Å². The third kappa shape index (κ3) is 6.04. The molecule has 1 heterocycles. The highest BCUT2D eigenvalue weighted by Crippen LogP contribution is 2.76. The predicted molar refractivity (Wildman–Crippen MR) is 203 cm³/mol. The van der Waals surface area contributed by atoms with Gasteiger partial charge >= 0.3 is 11.9 Å². The molecule has 4 saturated carbocycles. The van der Waals surface area contributed by atoms with Gasteiger partial charge in [0.25, 0.3) is 0 Å². The number of rotatable bonds is 7. The number of aliphatic carboxylic acids is 1. The second-order valence-electron chi connectivity index (χ2n) is 17.9. The van der Waals surface area contributed by atoms with Crippen LogP contribution in [-0.4, -0.2) is 58.0 Å². The summed E-state index contributed by atoms with van der Waals surface area (Å²) in [7, 11) is 0. The Hall–Kier alpha value is -3.42. The van der Waals surface area contributed by atoms with Crippen molar-refractivity contribution in [1.82, 2.24) is 10.2 Å². The molecule has 284 valence electrons. The van der Waals surface area contributed by atoms with Gasteiger partial charge in [0.1, 0.15) is 6.04 Å². The number of nitrogens with one attached hydrogen (secondary N) is 1. The van der Waals surface area contributed by atoms with Crippen molar-refractivity contribution in [3.63, 3.8) is 0 Å². The molecule has 7 rings (SSSR count). The van der Waals surface area contributed by atoms with Gasteiger partial charge in [-0.15, -0.1) is 6.58 Å².